The lowest BCUT2D eigenvalue weighted by atomic mass is 10.1. The van der Waals surface area contributed by atoms with Crippen LogP contribution in [0.4, 0.5) is 5.69 Å². The first-order chi connectivity index (χ1) is 15.7. The number of hydrogen-bond donors (Lipinski definition) is 0. The minimum Gasteiger partial charge on any atom is -0.494 e. The van der Waals surface area contributed by atoms with Crippen LogP contribution >= 0.6 is 0 Å². The molecule has 0 aliphatic heterocycles. The third-order valence-electron chi connectivity index (χ3n) is 5.72. The van der Waals surface area contributed by atoms with Gasteiger partial charge in [-0.3, -0.25) is 4.79 Å². The van der Waals surface area contributed by atoms with E-state index in [2.05, 4.69) is 6.92 Å². The molecule has 174 valence electrons. The summed E-state index contributed by atoms with van der Waals surface area (Å²) in [5, 5.41) is 0. The van der Waals surface area contributed by atoms with Gasteiger partial charge in [0.2, 0.25) is 5.91 Å². The van der Waals surface area contributed by atoms with Crippen molar-refractivity contribution in [2.24, 2.45) is 0 Å². The molecule has 0 N–H and O–H groups in total. The van der Waals surface area contributed by atoms with Gasteiger partial charge in [-0.25, -0.2) is 12.7 Å². The van der Waals surface area contributed by atoms with Gasteiger partial charge in [0.15, 0.2) is 0 Å². The van der Waals surface area contributed by atoms with Crippen LogP contribution in [0.15, 0.2) is 71.6 Å². The number of benzene rings is 3. The number of hydrogen-bond acceptors (Lipinski definition) is 4. The average Bonchev–Trinajstić information content (AvgIpc) is 2.80. The lowest BCUT2D eigenvalue weighted by Gasteiger charge is -2.25. The summed E-state index contributed by atoms with van der Waals surface area (Å²) in [5.74, 6) is 0.257. The van der Waals surface area contributed by atoms with Crippen molar-refractivity contribution in [3.8, 4) is 5.75 Å². The van der Waals surface area contributed by atoms with E-state index in [1.54, 1.807) is 36.4 Å². The maximum Gasteiger partial charge on any atom is 0.270 e. The van der Waals surface area contributed by atoms with Gasteiger partial charge in [-0.15, -0.1) is 0 Å². The maximum absolute atomic E-state index is 13.5. The Bertz CT molecular complexity index is 1200. The van der Waals surface area contributed by atoms with Gasteiger partial charge >= 0.3 is 0 Å². The van der Waals surface area contributed by atoms with Crippen molar-refractivity contribution in [3.05, 3.63) is 89.0 Å². The number of rotatable bonds is 9. The summed E-state index contributed by atoms with van der Waals surface area (Å²) in [6, 6.07) is 19.7. The number of ether oxygens (including phenoxy) is 1. The SMILES string of the molecule is CCc1ccc(OCCCC(=O)N(c2cccc(C)c2C)S(=O)(=O)c2ccc(C)cc2)cc1. The van der Waals surface area contributed by atoms with E-state index in [0.29, 0.717) is 18.7 Å². The Balaban J connectivity index is 1.80. The predicted molar refractivity (Wildman–Crippen MR) is 132 cm³/mol. The van der Waals surface area contributed by atoms with E-state index in [9.17, 15) is 13.2 Å². The van der Waals surface area contributed by atoms with Crippen LogP contribution in [0.25, 0.3) is 0 Å². The second-order valence-electron chi connectivity index (χ2n) is 8.14. The summed E-state index contributed by atoms with van der Waals surface area (Å²) < 4.78 is 33.8. The number of sulfonamides is 1. The zero-order chi connectivity index (χ0) is 24.0. The lowest BCUT2D eigenvalue weighted by Crippen LogP contribution is -2.37. The van der Waals surface area contributed by atoms with Crippen LogP contribution in [0.5, 0.6) is 5.75 Å². The van der Waals surface area contributed by atoms with E-state index in [4.69, 9.17) is 4.74 Å². The van der Waals surface area contributed by atoms with Crippen LogP contribution in [0.2, 0.25) is 0 Å². The summed E-state index contributed by atoms with van der Waals surface area (Å²) in [4.78, 5) is 13.4. The summed E-state index contributed by atoms with van der Waals surface area (Å²) >= 11 is 0. The monoisotopic (exact) mass is 465 g/mol. The smallest absolute Gasteiger partial charge is 0.270 e. The Labute approximate surface area is 197 Å². The quantitative estimate of drug-likeness (QED) is 0.377. The van der Waals surface area contributed by atoms with Gasteiger partial charge in [0.25, 0.3) is 10.0 Å². The Morgan fingerprint density at radius 2 is 1.58 bits per heavy atom. The van der Waals surface area contributed by atoms with Gasteiger partial charge in [-0.05, 0) is 80.6 Å². The van der Waals surface area contributed by atoms with Gasteiger partial charge in [0.1, 0.15) is 5.75 Å². The molecule has 0 atom stereocenters. The van der Waals surface area contributed by atoms with E-state index < -0.39 is 15.9 Å². The minimum atomic E-state index is -4.06. The Hall–Kier alpha value is -3.12. The summed E-state index contributed by atoms with van der Waals surface area (Å²) in [5.41, 5.74) is 4.24. The topological polar surface area (TPSA) is 63.7 Å². The van der Waals surface area contributed by atoms with Crippen LogP contribution in [0.1, 0.15) is 42.0 Å². The average molecular weight is 466 g/mol. The summed E-state index contributed by atoms with van der Waals surface area (Å²) in [6.45, 7) is 8.03. The molecule has 0 radical (unpaired) electrons. The number of amides is 1. The fourth-order valence-electron chi connectivity index (χ4n) is 3.51. The highest BCUT2D eigenvalue weighted by atomic mass is 32.2. The van der Waals surface area contributed by atoms with Gasteiger partial charge in [-0.1, -0.05) is 48.9 Å². The fourth-order valence-corrected chi connectivity index (χ4v) is 5.01. The minimum absolute atomic E-state index is 0.0471. The fraction of sp³-hybridized carbons (Fsp3) is 0.296. The Kier molecular flexibility index (Phi) is 7.92. The lowest BCUT2D eigenvalue weighted by molar-refractivity contribution is -0.117. The molecule has 0 saturated heterocycles. The molecule has 0 bridgehead atoms. The van der Waals surface area contributed by atoms with E-state index in [-0.39, 0.29) is 11.3 Å². The van der Waals surface area contributed by atoms with E-state index >= 15 is 0 Å². The van der Waals surface area contributed by atoms with Gasteiger partial charge in [0, 0.05) is 6.42 Å². The van der Waals surface area contributed by atoms with Crippen LogP contribution in [-0.2, 0) is 21.2 Å². The van der Waals surface area contributed by atoms with Crippen LogP contribution in [0.3, 0.4) is 0 Å². The van der Waals surface area contributed by atoms with Crippen molar-refractivity contribution in [3.63, 3.8) is 0 Å². The zero-order valence-corrected chi connectivity index (χ0v) is 20.5. The van der Waals surface area contributed by atoms with Crippen molar-refractivity contribution < 1.29 is 17.9 Å². The van der Waals surface area contributed by atoms with Crippen molar-refractivity contribution in [1.29, 1.82) is 0 Å². The third kappa shape index (κ3) is 5.82. The molecule has 0 aliphatic carbocycles. The third-order valence-corrected chi connectivity index (χ3v) is 7.46. The first kappa shape index (κ1) is 24.5. The maximum atomic E-state index is 13.5. The normalized spacial score (nSPS) is 11.3. The summed E-state index contributed by atoms with van der Waals surface area (Å²) in [7, 11) is -4.06. The second kappa shape index (κ2) is 10.7. The molecule has 0 heterocycles. The number of aryl methyl sites for hydroxylation is 3. The number of anilines is 1. The van der Waals surface area contributed by atoms with Crippen molar-refractivity contribution in [2.75, 3.05) is 10.9 Å². The molecule has 0 saturated carbocycles. The number of carbonyl (C=O) groups excluding carboxylic acids is 1. The first-order valence-corrected chi connectivity index (χ1v) is 12.6. The van der Waals surface area contributed by atoms with Gasteiger partial charge in [-0.2, -0.15) is 0 Å². The van der Waals surface area contributed by atoms with Gasteiger partial charge < -0.3 is 4.74 Å². The standard InChI is InChI=1S/C27H31NO4S/c1-5-23-13-15-24(16-14-23)32-19-7-10-27(29)28(26-9-6-8-21(3)22(26)4)33(30,31)25-17-11-20(2)12-18-25/h6,8-9,11-18H,5,7,10,19H2,1-4H3. The number of carbonyl (C=O) groups is 1. The highest BCUT2D eigenvalue weighted by Crippen LogP contribution is 2.30. The summed E-state index contributed by atoms with van der Waals surface area (Å²) in [6.07, 6.45) is 1.41. The molecule has 6 heteroatoms. The molecule has 0 fully saturated rings. The van der Waals surface area contributed by atoms with E-state index in [1.165, 1.54) is 5.56 Å². The molecule has 3 aromatic carbocycles. The highest BCUT2D eigenvalue weighted by molar-refractivity contribution is 7.93. The number of nitrogens with zero attached hydrogens (tertiary/aromatic N) is 1. The molecule has 1 amide bonds. The highest BCUT2D eigenvalue weighted by Gasteiger charge is 2.31. The molecular formula is C27H31NO4S. The van der Waals surface area contributed by atoms with Crippen LogP contribution in [0, 0.1) is 20.8 Å². The zero-order valence-electron chi connectivity index (χ0n) is 19.7. The largest absolute Gasteiger partial charge is 0.494 e. The second-order valence-corrected chi connectivity index (χ2v) is 9.93. The first-order valence-electron chi connectivity index (χ1n) is 11.2. The molecule has 3 aromatic rings. The molecule has 5 nitrogen and oxygen atoms in total. The van der Waals surface area contributed by atoms with Gasteiger partial charge in [0.05, 0.1) is 17.2 Å². The van der Waals surface area contributed by atoms with Crippen LogP contribution < -0.4 is 9.04 Å². The van der Waals surface area contributed by atoms with Crippen molar-refractivity contribution >= 4 is 21.6 Å². The molecule has 3 rings (SSSR count). The Morgan fingerprint density at radius 3 is 2.21 bits per heavy atom. The van der Waals surface area contributed by atoms with E-state index in [1.807, 2.05) is 51.1 Å². The van der Waals surface area contributed by atoms with E-state index in [0.717, 1.165) is 33.2 Å². The molecule has 0 aromatic heterocycles. The molecule has 33 heavy (non-hydrogen) atoms. The molecule has 0 spiro atoms. The molecule has 0 unspecified atom stereocenters. The van der Waals surface area contributed by atoms with Crippen molar-refractivity contribution in [1.82, 2.24) is 0 Å². The molecule has 0 aliphatic rings. The Morgan fingerprint density at radius 1 is 0.909 bits per heavy atom. The van der Waals surface area contributed by atoms with Crippen LogP contribution in [-0.4, -0.2) is 20.9 Å². The molecular weight excluding hydrogens is 434 g/mol. The van der Waals surface area contributed by atoms with Crippen molar-refractivity contribution in [2.45, 2.75) is 51.9 Å². The predicted octanol–water partition coefficient (Wildman–Crippen LogP) is 5.76.